The Morgan fingerprint density at radius 1 is 1.50 bits per heavy atom. The predicted octanol–water partition coefficient (Wildman–Crippen LogP) is 3.24. The highest BCUT2D eigenvalue weighted by molar-refractivity contribution is 6.31. The van der Waals surface area contributed by atoms with Crippen molar-refractivity contribution in [1.29, 1.82) is 0 Å². The van der Waals surface area contributed by atoms with E-state index in [-0.39, 0.29) is 5.78 Å². The summed E-state index contributed by atoms with van der Waals surface area (Å²) in [6, 6.07) is 5.39. The number of hydrogen-bond acceptors (Lipinski definition) is 1. The van der Waals surface area contributed by atoms with Gasteiger partial charge in [-0.2, -0.15) is 0 Å². The monoisotopic (exact) mass is 182 g/mol. The minimum atomic E-state index is 0.148. The number of ketones is 1. The van der Waals surface area contributed by atoms with Crippen LogP contribution in [0.1, 0.15) is 29.3 Å². The number of aryl methyl sites for hydroxylation is 1. The van der Waals surface area contributed by atoms with Gasteiger partial charge in [-0.15, -0.1) is 0 Å². The van der Waals surface area contributed by atoms with E-state index < -0.39 is 0 Å². The van der Waals surface area contributed by atoms with Gasteiger partial charge in [-0.25, -0.2) is 0 Å². The second-order valence-corrected chi connectivity index (χ2v) is 3.17. The zero-order valence-electron chi connectivity index (χ0n) is 7.23. The first kappa shape index (κ1) is 9.27. The second kappa shape index (κ2) is 3.72. The summed E-state index contributed by atoms with van der Waals surface area (Å²) in [6.07, 6.45) is 0.529. The molecule has 0 saturated heterocycles. The SMILES string of the molecule is CCC(=O)c1cc(Cl)ccc1C. The Labute approximate surface area is 77.4 Å². The highest BCUT2D eigenvalue weighted by atomic mass is 35.5. The van der Waals surface area contributed by atoms with Crippen LogP contribution in [0.15, 0.2) is 18.2 Å². The van der Waals surface area contributed by atoms with E-state index >= 15 is 0 Å². The van der Waals surface area contributed by atoms with Crippen LogP contribution in [0.2, 0.25) is 5.02 Å². The normalized spacial score (nSPS) is 9.92. The molecule has 1 rings (SSSR count). The Balaban J connectivity index is 3.13. The van der Waals surface area contributed by atoms with Crippen LogP contribution in [0.25, 0.3) is 0 Å². The lowest BCUT2D eigenvalue weighted by atomic mass is 10.0. The maximum atomic E-state index is 11.3. The van der Waals surface area contributed by atoms with Crippen molar-refractivity contribution in [3.8, 4) is 0 Å². The summed E-state index contributed by atoms with van der Waals surface area (Å²) >= 11 is 5.77. The second-order valence-electron chi connectivity index (χ2n) is 2.74. The summed E-state index contributed by atoms with van der Waals surface area (Å²) in [6.45, 7) is 3.77. The summed E-state index contributed by atoms with van der Waals surface area (Å²) < 4.78 is 0. The molecule has 1 nitrogen and oxygen atoms in total. The molecule has 0 unspecified atom stereocenters. The molecule has 0 amide bonds. The van der Waals surface area contributed by atoms with E-state index in [2.05, 4.69) is 0 Å². The van der Waals surface area contributed by atoms with Crippen LogP contribution < -0.4 is 0 Å². The van der Waals surface area contributed by atoms with Crippen LogP contribution in [0.3, 0.4) is 0 Å². The van der Waals surface area contributed by atoms with Crippen LogP contribution >= 0.6 is 11.6 Å². The summed E-state index contributed by atoms with van der Waals surface area (Å²) in [7, 11) is 0. The van der Waals surface area contributed by atoms with Crippen LogP contribution in [0.4, 0.5) is 0 Å². The van der Waals surface area contributed by atoms with Gasteiger partial charge in [0, 0.05) is 17.0 Å². The van der Waals surface area contributed by atoms with Crippen molar-refractivity contribution < 1.29 is 4.79 Å². The maximum absolute atomic E-state index is 11.3. The van der Waals surface area contributed by atoms with Crippen molar-refractivity contribution in [1.82, 2.24) is 0 Å². The largest absolute Gasteiger partial charge is 0.294 e. The fraction of sp³-hybridized carbons (Fsp3) is 0.300. The fourth-order valence-corrected chi connectivity index (χ4v) is 1.26. The third kappa shape index (κ3) is 1.86. The molecule has 0 aliphatic heterocycles. The quantitative estimate of drug-likeness (QED) is 0.642. The number of carbonyl (C=O) groups is 1. The lowest BCUT2D eigenvalue weighted by molar-refractivity contribution is 0.0987. The van der Waals surface area contributed by atoms with Gasteiger partial charge in [0.1, 0.15) is 0 Å². The molecule has 64 valence electrons. The van der Waals surface area contributed by atoms with Gasteiger partial charge >= 0.3 is 0 Å². The molecule has 0 spiro atoms. The van der Waals surface area contributed by atoms with Crippen molar-refractivity contribution in [3.63, 3.8) is 0 Å². The molecule has 2 heteroatoms. The number of benzene rings is 1. The van der Waals surface area contributed by atoms with E-state index in [1.807, 2.05) is 19.9 Å². The molecule has 0 N–H and O–H groups in total. The summed E-state index contributed by atoms with van der Waals surface area (Å²) in [4.78, 5) is 11.3. The molecule has 1 aromatic rings. The minimum Gasteiger partial charge on any atom is -0.294 e. The molecule has 0 bridgehead atoms. The summed E-state index contributed by atoms with van der Waals surface area (Å²) in [5.74, 6) is 0.148. The van der Waals surface area contributed by atoms with Crippen molar-refractivity contribution in [2.75, 3.05) is 0 Å². The Bertz CT molecular complexity index is 305. The minimum absolute atomic E-state index is 0.148. The number of halogens is 1. The van der Waals surface area contributed by atoms with E-state index in [0.717, 1.165) is 11.1 Å². The standard InChI is InChI=1S/C10H11ClO/c1-3-10(12)9-6-8(11)5-4-7(9)2/h4-6H,3H2,1-2H3. The van der Waals surface area contributed by atoms with Gasteiger partial charge in [-0.1, -0.05) is 24.6 Å². The highest BCUT2D eigenvalue weighted by Crippen LogP contribution is 2.16. The lowest BCUT2D eigenvalue weighted by Gasteiger charge is -2.02. The first-order valence-electron chi connectivity index (χ1n) is 3.94. The van der Waals surface area contributed by atoms with E-state index in [1.54, 1.807) is 12.1 Å². The lowest BCUT2D eigenvalue weighted by Crippen LogP contribution is -1.99. The first-order chi connectivity index (χ1) is 5.65. The number of hydrogen-bond donors (Lipinski definition) is 0. The Morgan fingerprint density at radius 3 is 2.75 bits per heavy atom. The van der Waals surface area contributed by atoms with Crippen molar-refractivity contribution in [3.05, 3.63) is 34.3 Å². The molecular weight excluding hydrogens is 172 g/mol. The summed E-state index contributed by atoms with van der Waals surface area (Å²) in [5.41, 5.74) is 1.73. The van der Waals surface area contributed by atoms with E-state index in [9.17, 15) is 4.79 Å². The Morgan fingerprint density at radius 2 is 2.17 bits per heavy atom. The molecule has 0 atom stereocenters. The van der Waals surface area contributed by atoms with Crippen LogP contribution in [0, 0.1) is 6.92 Å². The number of Topliss-reactive ketones (excluding diaryl/α,β-unsaturated/α-hetero) is 1. The molecule has 1 aromatic carbocycles. The molecule has 0 aliphatic rings. The van der Waals surface area contributed by atoms with E-state index in [0.29, 0.717) is 11.4 Å². The van der Waals surface area contributed by atoms with Crippen molar-refractivity contribution >= 4 is 17.4 Å². The van der Waals surface area contributed by atoms with Gasteiger partial charge in [-0.05, 0) is 24.6 Å². The highest BCUT2D eigenvalue weighted by Gasteiger charge is 2.06. The van der Waals surface area contributed by atoms with Gasteiger partial charge in [0.05, 0.1) is 0 Å². The summed E-state index contributed by atoms with van der Waals surface area (Å²) in [5, 5.41) is 0.623. The Hall–Kier alpha value is -0.820. The maximum Gasteiger partial charge on any atom is 0.162 e. The molecule has 0 heterocycles. The number of rotatable bonds is 2. The smallest absolute Gasteiger partial charge is 0.162 e. The third-order valence-corrected chi connectivity index (χ3v) is 2.06. The molecule has 0 saturated carbocycles. The van der Waals surface area contributed by atoms with Gasteiger partial charge in [0.15, 0.2) is 5.78 Å². The third-order valence-electron chi connectivity index (χ3n) is 1.82. The average molecular weight is 183 g/mol. The van der Waals surface area contributed by atoms with Gasteiger partial charge in [0.25, 0.3) is 0 Å². The van der Waals surface area contributed by atoms with Gasteiger partial charge < -0.3 is 0 Å². The van der Waals surface area contributed by atoms with E-state index in [4.69, 9.17) is 11.6 Å². The van der Waals surface area contributed by atoms with Crippen LogP contribution in [-0.4, -0.2) is 5.78 Å². The van der Waals surface area contributed by atoms with Crippen LogP contribution in [-0.2, 0) is 0 Å². The molecule has 0 aliphatic carbocycles. The number of carbonyl (C=O) groups excluding carboxylic acids is 1. The molecule has 0 fully saturated rings. The van der Waals surface area contributed by atoms with Crippen LogP contribution in [0.5, 0.6) is 0 Å². The molecule has 0 radical (unpaired) electrons. The topological polar surface area (TPSA) is 17.1 Å². The van der Waals surface area contributed by atoms with Gasteiger partial charge in [-0.3, -0.25) is 4.79 Å². The molecule has 0 aromatic heterocycles. The Kier molecular flexibility index (Phi) is 2.88. The molecule has 12 heavy (non-hydrogen) atoms. The first-order valence-corrected chi connectivity index (χ1v) is 4.32. The average Bonchev–Trinajstić information content (AvgIpc) is 2.08. The zero-order chi connectivity index (χ0) is 9.14. The predicted molar refractivity (Wildman–Crippen MR) is 50.8 cm³/mol. The van der Waals surface area contributed by atoms with Gasteiger partial charge in [0.2, 0.25) is 0 Å². The van der Waals surface area contributed by atoms with Crippen molar-refractivity contribution in [2.45, 2.75) is 20.3 Å². The van der Waals surface area contributed by atoms with Crippen molar-refractivity contribution in [2.24, 2.45) is 0 Å². The fourth-order valence-electron chi connectivity index (χ4n) is 1.09. The van der Waals surface area contributed by atoms with E-state index in [1.165, 1.54) is 0 Å². The zero-order valence-corrected chi connectivity index (χ0v) is 7.98. The molecular formula is C10H11ClO.